The van der Waals surface area contributed by atoms with Crippen LogP contribution in [0.25, 0.3) is 0 Å². The van der Waals surface area contributed by atoms with Gasteiger partial charge >= 0.3 is 0 Å². The lowest BCUT2D eigenvalue weighted by Crippen LogP contribution is -2.39. The first-order valence-electron chi connectivity index (χ1n) is 8.17. The largest absolute Gasteiger partial charge is 0.356 e. The van der Waals surface area contributed by atoms with E-state index in [-0.39, 0.29) is 0 Å². The van der Waals surface area contributed by atoms with Crippen LogP contribution in [0.4, 0.5) is 0 Å². The van der Waals surface area contributed by atoms with Crippen molar-refractivity contribution in [3.8, 4) is 0 Å². The number of nitrogens with one attached hydrogen (secondary N) is 2. The highest BCUT2D eigenvalue weighted by molar-refractivity contribution is 5.79. The summed E-state index contributed by atoms with van der Waals surface area (Å²) in [4.78, 5) is 4.27. The fourth-order valence-corrected chi connectivity index (χ4v) is 2.41. The van der Waals surface area contributed by atoms with Gasteiger partial charge in [0.15, 0.2) is 5.96 Å². The van der Waals surface area contributed by atoms with E-state index in [9.17, 15) is 0 Å². The van der Waals surface area contributed by atoms with Gasteiger partial charge in [0.05, 0.1) is 6.20 Å². The maximum Gasteiger partial charge on any atom is 0.190 e. The summed E-state index contributed by atoms with van der Waals surface area (Å²) in [6.45, 7) is 6.93. The van der Waals surface area contributed by atoms with Crippen molar-refractivity contribution in [3.63, 3.8) is 0 Å². The molecule has 124 valence electrons. The monoisotopic (exact) mass is 313 g/mol. The molecule has 0 aliphatic carbocycles. The van der Waals surface area contributed by atoms with Gasteiger partial charge in [-0.05, 0) is 30.4 Å². The van der Waals surface area contributed by atoms with Gasteiger partial charge in [-0.3, -0.25) is 9.67 Å². The molecular formula is C18H27N5. The van der Waals surface area contributed by atoms with Crippen LogP contribution >= 0.6 is 0 Å². The molecule has 0 aliphatic rings. The second kappa shape index (κ2) is 8.98. The quantitative estimate of drug-likeness (QED) is 0.469. The van der Waals surface area contributed by atoms with Gasteiger partial charge in [0.25, 0.3) is 0 Å². The first-order valence-corrected chi connectivity index (χ1v) is 8.17. The Hall–Kier alpha value is -2.30. The molecule has 0 fully saturated rings. The van der Waals surface area contributed by atoms with Crippen molar-refractivity contribution >= 4 is 5.96 Å². The van der Waals surface area contributed by atoms with Gasteiger partial charge in [-0.2, -0.15) is 5.10 Å². The average Bonchev–Trinajstić information content (AvgIpc) is 3.00. The summed E-state index contributed by atoms with van der Waals surface area (Å²) in [5.41, 5.74) is 2.54. The van der Waals surface area contributed by atoms with Crippen LogP contribution in [-0.4, -0.2) is 35.9 Å². The third-order valence-electron chi connectivity index (χ3n) is 3.79. The van der Waals surface area contributed by atoms with Crippen LogP contribution in [0.2, 0.25) is 0 Å². The lowest BCUT2D eigenvalue weighted by atomic mass is 10.0. The summed E-state index contributed by atoms with van der Waals surface area (Å²) >= 11 is 0. The highest BCUT2D eigenvalue weighted by atomic mass is 15.3. The summed E-state index contributed by atoms with van der Waals surface area (Å²) < 4.78 is 1.98. The molecule has 0 radical (unpaired) electrons. The van der Waals surface area contributed by atoms with E-state index in [0.29, 0.717) is 5.92 Å². The number of hydrogen-bond acceptors (Lipinski definition) is 2. The predicted molar refractivity (Wildman–Crippen MR) is 95.8 cm³/mol. The van der Waals surface area contributed by atoms with Crippen LogP contribution < -0.4 is 10.6 Å². The molecule has 1 atom stereocenters. The van der Waals surface area contributed by atoms with Crippen LogP contribution in [0.3, 0.4) is 0 Å². The van der Waals surface area contributed by atoms with Gasteiger partial charge in [-0.25, -0.2) is 0 Å². The van der Waals surface area contributed by atoms with E-state index in [1.165, 1.54) is 11.1 Å². The molecule has 5 nitrogen and oxygen atoms in total. The summed E-state index contributed by atoms with van der Waals surface area (Å²) in [6, 6.07) is 10.5. The zero-order chi connectivity index (χ0) is 16.5. The summed E-state index contributed by atoms with van der Waals surface area (Å²) in [5, 5.41) is 11.0. The lowest BCUT2D eigenvalue weighted by molar-refractivity contribution is 0.569. The van der Waals surface area contributed by atoms with E-state index >= 15 is 0 Å². The normalized spacial score (nSPS) is 12.9. The van der Waals surface area contributed by atoms with Gasteiger partial charge in [-0.1, -0.05) is 37.3 Å². The van der Waals surface area contributed by atoms with Gasteiger partial charge in [0.2, 0.25) is 0 Å². The van der Waals surface area contributed by atoms with Crippen LogP contribution in [0.1, 0.15) is 30.4 Å². The predicted octanol–water partition coefficient (Wildman–Crippen LogP) is 2.55. The molecule has 0 bridgehead atoms. The minimum Gasteiger partial charge on any atom is -0.356 e. The number of benzene rings is 1. The number of hydrogen-bond donors (Lipinski definition) is 2. The van der Waals surface area contributed by atoms with Crippen LogP contribution in [0.15, 0.2) is 47.7 Å². The molecular weight excluding hydrogens is 286 g/mol. The lowest BCUT2D eigenvalue weighted by Gasteiger charge is -2.16. The van der Waals surface area contributed by atoms with E-state index in [2.05, 4.69) is 65.0 Å². The third-order valence-corrected chi connectivity index (χ3v) is 3.79. The SMILES string of the molecule is CN=C(NCCCn1cc(C)cn1)NCC(C)c1ccccc1. The second-order valence-electron chi connectivity index (χ2n) is 5.83. The van der Waals surface area contributed by atoms with Crippen LogP contribution in [0.5, 0.6) is 0 Å². The third kappa shape index (κ3) is 5.77. The second-order valence-corrected chi connectivity index (χ2v) is 5.83. The summed E-state index contributed by atoms with van der Waals surface area (Å²) in [7, 11) is 1.80. The molecule has 2 aromatic rings. The number of guanidine groups is 1. The minimum absolute atomic E-state index is 0.446. The molecule has 2 N–H and O–H groups in total. The van der Waals surface area contributed by atoms with E-state index < -0.39 is 0 Å². The Bertz CT molecular complexity index is 603. The number of aromatic nitrogens is 2. The van der Waals surface area contributed by atoms with E-state index in [4.69, 9.17) is 0 Å². The maximum absolute atomic E-state index is 4.29. The molecule has 0 saturated heterocycles. The average molecular weight is 313 g/mol. The molecule has 5 heteroatoms. The van der Waals surface area contributed by atoms with E-state index in [1.807, 2.05) is 16.9 Å². The maximum atomic E-state index is 4.29. The van der Waals surface area contributed by atoms with Gasteiger partial charge in [0.1, 0.15) is 0 Å². The standard InChI is InChI=1S/C18H27N5/c1-15-12-22-23(14-15)11-7-10-20-18(19-3)21-13-16(2)17-8-5-4-6-9-17/h4-6,8-9,12,14,16H,7,10-11,13H2,1-3H3,(H2,19,20,21). The Morgan fingerprint density at radius 1 is 1.26 bits per heavy atom. The Labute approximate surface area is 138 Å². The molecule has 1 aromatic heterocycles. The first kappa shape index (κ1) is 17.1. The topological polar surface area (TPSA) is 54.2 Å². The van der Waals surface area contributed by atoms with Crippen molar-refractivity contribution in [2.75, 3.05) is 20.1 Å². The van der Waals surface area contributed by atoms with Crippen molar-refractivity contribution in [1.29, 1.82) is 0 Å². The molecule has 0 amide bonds. The molecule has 0 saturated carbocycles. The molecule has 1 heterocycles. The fraction of sp³-hybridized carbons (Fsp3) is 0.444. The molecule has 0 spiro atoms. The Morgan fingerprint density at radius 3 is 2.70 bits per heavy atom. The summed E-state index contributed by atoms with van der Waals surface area (Å²) in [5.74, 6) is 1.30. The Morgan fingerprint density at radius 2 is 2.04 bits per heavy atom. The van der Waals surface area contributed by atoms with E-state index in [1.54, 1.807) is 7.05 Å². The number of aliphatic imine (C=N–C) groups is 1. The Kier molecular flexibility index (Phi) is 6.66. The van der Waals surface area contributed by atoms with Crippen molar-refractivity contribution in [2.24, 2.45) is 4.99 Å². The zero-order valence-corrected chi connectivity index (χ0v) is 14.3. The smallest absolute Gasteiger partial charge is 0.190 e. The number of nitrogens with zero attached hydrogens (tertiary/aromatic N) is 3. The molecule has 0 aliphatic heterocycles. The van der Waals surface area contributed by atoms with Crippen LogP contribution in [0, 0.1) is 6.92 Å². The van der Waals surface area contributed by atoms with Gasteiger partial charge in [-0.15, -0.1) is 0 Å². The van der Waals surface area contributed by atoms with Crippen molar-refractivity contribution < 1.29 is 0 Å². The molecule has 23 heavy (non-hydrogen) atoms. The van der Waals surface area contributed by atoms with Gasteiger partial charge < -0.3 is 10.6 Å². The number of rotatable bonds is 7. The van der Waals surface area contributed by atoms with Crippen molar-refractivity contribution in [1.82, 2.24) is 20.4 Å². The van der Waals surface area contributed by atoms with Gasteiger partial charge in [0, 0.05) is 32.9 Å². The van der Waals surface area contributed by atoms with Crippen LogP contribution in [-0.2, 0) is 6.54 Å². The summed E-state index contributed by atoms with van der Waals surface area (Å²) in [6.07, 6.45) is 4.96. The Balaban J connectivity index is 1.67. The fourth-order valence-electron chi connectivity index (χ4n) is 2.41. The zero-order valence-electron chi connectivity index (χ0n) is 14.3. The number of aryl methyl sites for hydroxylation is 2. The molecule has 2 rings (SSSR count). The highest BCUT2D eigenvalue weighted by Crippen LogP contribution is 2.12. The first-order chi connectivity index (χ1) is 11.2. The van der Waals surface area contributed by atoms with Crippen molar-refractivity contribution in [2.45, 2.75) is 32.7 Å². The molecule has 1 aromatic carbocycles. The minimum atomic E-state index is 0.446. The molecule has 1 unspecified atom stereocenters. The van der Waals surface area contributed by atoms with E-state index in [0.717, 1.165) is 32.0 Å². The highest BCUT2D eigenvalue weighted by Gasteiger charge is 2.05. The van der Waals surface area contributed by atoms with Crippen molar-refractivity contribution in [3.05, 3.63) is 53.9 Å².